The van der Waals surface area contributed by atoms with Gasteiger partial charge in [-0.2, -0.15) is 18.3 Å². The van der Waals surface area contributed by atoms with Crippen LogP contribution in [0.4, 0.5) is 13.2 Å². The maximum Gasteiger partial charge on any atom is 0.433 e. The predicted octanol–water partition coefficient (Wildman–Crippen LogP) is 2.63. The molecule has 7 heteroatoms. The quantitative estimate of drug-likeness (QED) is 0.903. The first-order valence-electron chi connectivity index (χ1n) is 4.82. The average Bonchev–Trinajstić information content (AvgIpc) is 2.81. The van der Waals surface area contributed by atoms with Crippen molar-refractivity contribution in [1.29, 1.82) is 0 Å². The summed E-state index contributed by atoms with van der Waals surface area (Å²) in [6.07, 6.45) is -4.38. The van der Waals surface area contributed by atoms with Gasteiger partial charge in [-0.05, 0) is 18.2 Å². The van der Waals surface area contributed by atoms with Crippen LogP contribution in [0.1, 0.15) is 10.6 Å². The fraction of sp³-hybridized carbons (Fsp3) is 0.300. The fourth-order valence-electron chi connectivity index (χ4n) is 1.48. The van der Waals surface area contributed by atoms with E-state index in [9.17, 15) is 13.2 Å². The number of rotatable bonds is 2. The number of aryl methyl sites for hydroxylation is 1. The summed E-state index contributed by atoms with van der Waals surface area (Å²) in [5.74, 6) is 0. The Morgan fingerprint density at radius 1 is 1.41 bits per heavy atom. The van der Waals surface area contributed by atoms with Gasteiger partial charge in [0, 0.05) is 18.5 Å². The molecular weight excluding hydrogens is 251 g/mol. The van der Waals surface area contributed by atoms with Crippen molar-refractivity contribution in [2.45, 2.75) is 12.7 Å². The van der Waals surface area contributed by atoms with Crippen LogP contribution in [-0.4, -0.2) is 9.78 Å². The van der Waals surface area contributed by atoms with E-state index < -0.39 is 11.9 Å². The number of thiophene rings is 1. The van der Waals surface area contributed by atoms with Crippen molar-refractivity contribution in [2.75, 3.05) is 0 Å². The Labute approximate surface area is 99.7 Å². The highest BCUT2D eigenvalue weighted by molar-refractivity contribution is 7.15. The third-order valence-electron chi connectivity index (χ3n) is 2.29. The zero-order valence-electron chi connectivity index (χ0n) is 8.95. The lowest BCUT2D eigenvalue weighted by molar-refractivity contribution is -0.143. The standard InChI is InChI=1S/C10H10F3N3S/c1-16-9(10(11,12)13)4-7(15-16)8-3-2-6(5-14)17-8/h2-4H,5,14H2,1H3. The van der Waals surface area contributed by atoms with E-state index in [2.05, 4.69) is 5.10 Å². The van der Waals surface area contributed by atoms with Gasteiger partial charge in [0.05, 0.1) is 4.88 Å². The zero-order valence-corrected chi connectivity index (χ0v) is 9.77. The van der Waals surface area contributed by atoms with Crippen LogP contribution in [0.2, 0.25) is 0 Å². The van der Waals surface area contributed by atoms with Gasteiger partial charge in [-0.15, -0.1) is 11.3 Å². The Kier molecular flexibility index (Phi) is 2.96. The van der Waals surface area contributed by atoms with E-state index in [0.29, 0.717) is 17.1 Å². The third kappa shape index (κ3) is 2.34. The van der Waals surface area contributed by atoms with Crippen LogP contribution in [0.3, 0.4) is 0 Å². The molecule has 0 unspecified atom stereocenters. The maximum absolute atomic E-state index is 12.6. The summed E-state index contributed by atoms with van der Waals surface area (Å²) >= 11 is 1.35. The first-order valence-corrected chi connectivity index (χ1v) is 5.64. The monoisotopic (exact) mass is 261 g/mol. The van der Waals surface area contributed by atoms with Crippen LogP contribution in [-0.2, 0) is 19.8 Å². The summed E-state index contributed by atoms with van der Waals surface area (Å²) in [7, 11) is 1.28. The molecule has 0 bridgehead atoms. The number of nitrogens with two attached hydrogens (primary N) is 1. The molecular formula is C10H10F3N3S. The highest BCUT2D eigenvalue weighted by Gasteiger charge is 2.35. The molecule has 0 aromatic carbocycles. The van der Waals surface area contributed by atoms with E-state index in [1.54, 1.807) is 12.1 Å². The van der Waals surface area contributed by atoms with Crippen LogP contribution < -0.4 is 5.73 Å². The normalized spacial score (nSPS) is 12.1. The molecule has 0 aliphatic rings. The Hall–Kier alpha value is -1.34. The van der Waals surface area contributed by atoms with Crippen molar-refractivity contribution in [3.63, 3.8) is 0 Å². The lowest BCUT2D eigenvalue weighted by atomic mass is 10.3. The van der Waals surface area contributed by atoms with Crippen molar-refractivity contribution in [2.24, 2.45) is 12.8 Å². The number of aromatic nitrogens is 2. The first kappa shape index (κ1) is 12.1. The minimum atomic E-state index is -4.38. The second-order valence-corrected chi connectivity index (χ2v) is 4.67. The van der Waals surface area contributed by atoms with E-state index in [1.807, 2.05) is 0 Å². The number of nitrogens with zero attached hydrogens (tertiary/aromatic N) is 2. The van der Waals surface area contributed by atoms with E-state index in [4.69, 9.17) is 5.73 Å². The third-order valence-corrected chi connectivity index (χ3v) is 3.42. The highest BCUT2D eigenvalue weighted by atomic mass is 32.1. The molecule has 0 aliphatic carbocycles. The lowest BCUT2D eigenvalue weighted by Crippen LogP contribution is -2.11. The molecule has 3 nitrogen and oxygen atoms in total. The molecule has 92 valence electrons. The Balaban J connectivity index is 2.41. The number of alkyl halides is 3. The SMILES string of the molecule is Cn1nc(-c2ccc(CN)s2)cc1C(F)(F)F. The average molecular weight is 261 g/mol. The summed E-state index contributed by atoms with van der Waals surface area (Å²) in [4.78, 5) is 1.61. The van der Waals surface area contributed by atoms with Gasteiger partial charge < -0.3 is 5.73 Å². The summed E-state index contributed by atoms with van der Waals surface area (Å²) in [5, 5.41) is 3.86. The van der Waals surface area contributed by atoms with Crippen molar-refractivity contribution in [1.82, 2.24) is 9.78 Å². The Morgan fingerprint density at radius 2 is 2.12 bits per heavy atom. The number of hydrogen-bond donors (Lipinski definition) is 1. The van der Waals surface area contributed by atoms with Gasteiger partial charge in [-0.25, -0.2) is 0 Å². The van der Waals surface area contributed by atoms with Crippen molar-refractivity contribution >= 4 is 11.3 Å². The molecule has 0 spiro atoms. The topological polar surface area (TPSA) is 43.8 Å². The minimum Gasteiger partial charge on any atom is -0.326 e. The smallest absolute Gasteiger partial charge is 0.326 e. The molecule has 17 heavy (non-hydrogen) atoms. The van der Waals surface area contributed by atoms with Gasteiger partial charge in [-0.3, -0.25) is 4.68 Å². The summed E-state index contributed by atoms with van der Waals surface area (Å²) in [6, 6.07) is 4.57. The molecule has 2 aromatic rings. The van der Waals surface area contributed by atoms with E-state index in [-0.39, 0.29) is 0 Å². The van der Waals surface area contributed by atoms with Gasteiger partial charge in [0.25, 0.3) is 0 Å². The molecule has 0 fully saturated rings. The molecule has 2 N–H and O–H groups in total. The molecule has 0 atom stereocenters. The van der Waals surface area contributed by atoms with Gasteiger partial charge in [0.15, 0.2) is 0 Å². The maximum atomic E-state index is 12.6. The van der Waals surface area contributed by atoms with E-state index in [0.717, 1.165) is 15.6 Å². The largest absolute Gasteiger partial charge is 0.433 e. The van der Waals surface area contributed by atoms with Gasteiger partial charge >= 0.3 is 6.18 Å². The molecule has 2 rings (SSSR count). The van der Waals surface area contributed by atoms with Crippen LogP contribution >= 0.6 is 11.3 Å². The molecule has 0 aliphatic heterocycles. The van der Waals surface area contributed by atoms with Crippen LogP contribution in [0.15, 0.2) is 18.2 Å². The second-order valence-electron chi connectivity index (χ2n) is 3.51. The summed E-state index contributed by atoms with van der Waals surface area (Å²) in [5.41, 5.74) is 5.02. The predicted molar refractivity (Wildman–Crippen MR) is 59.4 cm³/mol. The second kappa shape index (κ2) is 4.15. The van der Waals surface area contributed by atoms with Crippen LogP contribution in [0, 0.1) is 0 Å². The number of halogens is 3. The zero-order chi connectivity index (χ0) is 12.6. The van der Waals surface area contributed by atoms with Crippen molar-refractivity contribution < 1.29 is 13.2 Å². The molecule has 2 heterocycles. The van der Waals surface area contributed by atoms with Gasteiger partial charge in [-0.1, -0.05) is 0 Å². The molecule has 0 amide bonds. The first-order chi connectivity index (χ1) is 7.91. The van der Waals surface area contributed by atoms with E-state index in [1.165, 1.54) is 18.4 Å². The van der Waals surface area contributed by atoms with Crippen molar-refractivity contribution in [3.05, 3.63) is 28.8 Å². The van der Waals surface area contributed by atoms with Crippen LogP contribution in [0.5, 0.6) is 0 Å². The lowest BCUT2D eigenvalue weighted by Gasteiger charge is -2.04. The Bertz CT molecular complexity index is 527. The molecule has 0 saturated carbocycles. The fourth-order valence-corrected chi connectivity index (χ4v) is 2.32. The minimum absolute atomic E-state index is 0.324. The highest BCUT2D eigenvalue weighted by Crippen LogP contribution is 2.33. The molecule has 0 radical (unpaired) electrons. The molecule has 0 saturated heterocycles. The van der Waals surface area contributed by atoms with E-state index >= 15 is 0 Å². The van der Waals surface area contributed by atoms with Gasteiger partial charge in [0.2, 0.25) is 0 Å². The molecule has 2 aromatic heterocycles. The number of hydrogen-bond acceptors (Lipinski definition) is 3. The Morgan fingerprint density at radius 3 is 2.59 bits per heavy atom. The van der Waals surface area contributed by atoms with Gasteiger partial charge in [0.1, 0.15) is 11.4 Å². The van der Waals surface area contributed by atoms with Crippen molar-refractivity contribution in [3.8, 4) is 10.6 Å². The summed E-state index contributed by atoms with van der Waals surface area (Å²) in [6.45, 7) is 0.379. The van der Waals surface area contributed by atoms with Crippen LogP contribution in [0.25, 0.3) is 10.6 Å². The summed E-state index contributed by atoms with van der Waals surface area (Å²) < 4.78 is 38.6.